The van der Waals surface area contributed by atoms with E-state index in [-0.39, 0.29) is 0 Å². The van der Waals surface area contributed by atoms with Gasteiger partial charge in [0.2, 0.25) is 0 Å². The zero-order valence-electron chi connectivity index (χ0n) is 25.3. The van der Waals surface area contributed by atoms with Gasteiger partial charge in [0.25, 0.3) is 0 Å². The summed E-state index contributed by atoms with van der Waals surface area (Å²) in [6.45, 7) is 0. The van der Waals surface area contributed by atoms with Crippen LogP contribution in [0, 0.1) is 0 Å². The van der Waals surface area contributed by atoms with Gasteiger partial charge in [-0.15, -0.1) is 0 Å². The third-order valence-corrected chi connectivity index (χ3v) is 9.26. The summed E-state index contributed by atoms with van der Waals surface area (Å²) in [4.78, 5) is 2.42. The van der Waals surface area contributed by atoms with Crippen molar-refractivity contribution < 1.29 is 0 Å². The van der Waals surface area contributed by atoms with E-state index in [1.165, 1.54) is 66.4 Å². The number of rotatable bonds is 6. The van der Waals surface area contributed by atoms with Crippen LogP contribution in [0.4, 0.5) is 11.4 Å². The van der Waals surface area contributed by atoms with Crippen LogP contribution in [0.1, 0.15) is 36.3 Å². The second-order valence-corrected chi connectivity index (χ2v) is 12.0. The average Bonchev–Trinajstić information content (AvgIpc) is 3.13. The molecule has 1 nitrogen and oxygen atoms in total. The molecule has 0 N–H and O–H groups in total. The Labute approximate surface area is 265 Å². The lowest BCUT2D eigenvalue weighted by molar-refractivity contribution is 0.840. The minimum absolute atomic E-state index is 0.394. The number of nitrogens with zero attached hydrogens (tertiary/aromatic N) is 1. The van der Waals surface area contributed by atoms with Gasteiger partial charge in [-0.3, -0.25) is 0 Å². The fourth-order valence-corrected chi connectivity index (χ4v) is 7.02. The van der Waals surface area contributed by atoms with Gasteiger partial charge in [-0.2, -0.15) is 0 Å². The van der Waals surface area contributed by atoms with E-state index in [0.29, 0.717) is 5.92 Å². The Morgan fingerprint density at radius 3 is 2.07 bits per heavy atom. The van der Waals surface area contributed by atoms with Crippen LogP contribution in [0.25, 0.3) is 38.2 Å². The first-order valence-electron chi connectivity index (χ1n) is 16.0. The molecule has 8 rings (SSSR count). The zero-order valence-corrected chi connectivity index (χ0v) is 25.3. The maximum Gasteiger partial charge on any atom is 0.0467 e. The van der Waals surface area contributed by atoms with Crippen LogP contribution in [0.5, 0.6) is 0 Å². The normalized spacial score (nSPS) is 16.0. The first-order valence-corrected chi connectivity index (χ1v) is 16.0. The maximum absolute atomic E-state index is 2.43. The molecule has 0 spiro atoms. The summed E-state index contributed by atoms with van der Waals surface area (Å²) in [5.41, 5.74) is 10.2. The number of fused-ring (bicyclic) bond motifs is 3. The molecule has 45 heavy (non-hydrogen) atoms. The van der Waals surface area contributed by atoms with Crippen LogP contribution < -0.4 is 4.90 Å². The molecule has 6 aromatic rings. The van der Waals surface area contributed by atoms with E-state index >= 15 is 0 Å². The van der Waals surface area contributed by atoms with Crippen molar-refractivity contribution in [3.63, 3.8) is 0 Å². The highest BCUT2D eigenvalue weighted by Crippen LogP contribution is 2.43. The van der Waals surface area contributed by atoms with Gasteiger partial charge >= 0.3 is 0 Å². The predicted octanol–water partition coefficient (Wildman–Crippen LogP) is 12.2. The van der Waals surface area contributed by atoms with Crippen molar-refractivity contribution in [1.82, 2.24) is 0 Å². The van der Waals surface area contributed by atoms with Crippen LogP contribution in [0.2, 0.25) is 0 Å². The number of hydrogen-bond acceptors (Lipinski definition) is 1. The number of hydrogen-bond donors (Lipinski definition) is 0. The highest BCUT2D eigenvalue weighted by Gasteiger charge is 2.21. The zero-order chi connectivity index (χ0) is 30.0. The summed E-state index contributed by atoms with van der Waals surface area (Å²) in [5.74, 6) is 0.394. The maximum atomic E-state index is 2.43. The lowest BCUT2D eigenvalue weighted by Crippen LogP contribution is -2.17. The van der Waals surface area contributed by atoms with E-state index in [9.17, 15) is 0 Å². The van der Waals surface area contributed by atoms with Gasteiger partial charge < -0.3 is 4.90 Å². The molecule has 6 aromatic carbocycles. The molecule has 0 saturated carbocycles. The summed E-state index contributed by atoms with van der Waals surface area (Å²) in [6, 6.07) is 48.7. The van der Waals surface area contributed by atoms with Gasteiger partial charge in [-0.25, -0.2) is 0 Å². The molecule has 0 heterocycles. The van der Waals surface area contributed by atoms with Crippen LogP contribution in [-0.2, 0) is 0 Å². The molecule has 1 unspecified atom stereocenters. The minimum atomic E-state index is 0.394. The van der Waals surface area contributed by atoms with Gasteiger partial charge in [0.1, 0.15) is 0 Å². The molecule has 1 atom stereocenters. The van der Waals surface area contributed by atoms with E-state index in [4.69, 9.17) is 0 Å². The Morgan fingerprint density at radius 1 is 0.578 bits per heavy atom. The molecule has 0 radical (unpaired) electrons. The number of anilines is 2. The third kappa shape index (κ3) is 5.21. The first-order chi connectivity index (χ1) is 22.3. The smallest absolute Gasteiger partial charge is 0.0467 e. The van der Waals surface area contributed by atoms with E-state index in [1.54, 1.807) is 0 Å². The Hall–Kier alpha value is -5.40. The van der Waals surface area contributed by atoms with Crippen molar-refractivity contribution in [2.75, 3.05) is 4.90 Å². The van der Waals surface area contributed by atoms with Gasteiger partial charge in [0.15, 0.2) is 0 Å². The van der Waals surface area contributed by atoms with Crippen molar-refractivity contribution in [1.29, 1.82) is 0 Å². The molecular weight excluding hydrogens is 542 g/mol. The van der Waals surface area contributed by atoms with Gasteiger partial charge in [-0.05, 0) is 105 Å². The summed E-state index contributed by atoms with van der Waals surface area (Å²) in [6.07, 6.45) is 16.9. The van der Waals surface area contributed by atoms with Gasteiger partial charge in [0.05, 0.1) is 0 Å². The van der Waals surface area contributed by atoms with Crippen LogP contribution >= 0.6 is 0 Å². The van der Waals surface area contributed by atoms with Crippen molar-refractivity contribution in [3.8, 4) is 11.1 Å². The highest BCUT2D eigenvalue weighted by atomic mass is 15.1. The fraction of sp³-hybridized carbons (Fsp3) is 0.0909. The third-order valence-electron chi connectivity index (χ3n) is 9.26. The van der Waals surface area contributed by atoms with Crippen molar-refractivity contribution in [3.05, 3.63) is 187 Å². The molecule has 1 heteroatoms. The number of allylic oxidation sites excluding steroid dienone is 7. The van der Waals surface area contributed by atoms with Crippen molar-refractivity contribution in [2.24, 2.45) is 0 Å². The Balaban J connectivity index is 1.29. The first kappa shape index (κ1) is 27.2. The summed E-state index contributed by atoms with van der Waals surface area (Å²) >= 11 is 0. The molecule has 0 fully saturated rings. The Bertz CT molecular complexity index is 2130. The second kappa shape index (κ2) is 11.9. The van der Waals surface area contributed by atoms with Crippen molar-refractivity contribution >= 4 is 38.5 Å². The largest absolute Gasteiger partial charge is 0.311 e. The highest BCUT2D eigenvalue weighted by molar-refractivity contribution is 6.14. The monoisotopic (exact) mass is 577 g/mol. The molecule has 0 bridgehead atoms. The molecule has 2 aliphatic rings. The topological polar surface area (TPSA) is 3.24 Å². The minimum Gasteiger partial charge on any atom is -0.311 e. The van der Waals surface area contributed by atoms with E-state index in [2.05, 4.69) is 175 Å². The number of benzene rings is 6. The van der Waals surface area contributed by atoms with Crippen LogP contribution in [-0.4, -0.2) is 0 Å². The van der Waals surface area contributed by atoms with E-state index in [0.717, 1.165) is 19.3 Å². The summed E-state index contributed by atoms with van der Waals surface area (Å²) in [5, 5.41) is 5.17. The molecule has 0 saturated heterocycles. The molecule has 2 aliphatic carbocycles. The second-order valence-electron chi connectivity index (χ2n) is 12.0. The van der Waals surface area contributed by atoms with Gasteiger partial charge in [0, 0.05) is 23.0 Å². The summed E-state index contributed by atoms with van der Waals surface area (Å²) in [7, 11) is 0. The molecule has 0 amide bonds. The average molecular weight is 578 g/mol. The standard InChI is InChI=1S/C44H35N/c1-4-14-32(15-5-1)33-24-26-37(27-25-33)45(36-19-8-3-9-20-36)38-28-29-42(43(31-38)34-16-6-2-7-17-34)44-30-35-18-10-11-21-39(35)40-22-12-13-23-41(40)44/h1-6,8-16,18-24,26-31,33H,7,17,25H2. The van der Waals surface area contributed by atoms with Crippen molar-refractivity contribution in [2.45, 2.75) is 25.2 Å². The SMILES string of the molecule is C1=CCCC(c2cc(N(C3=CCC(c4ccccc4)C=C3)c3ccccc3)ccc2-c2cc3ccccc3c3ccccc23)=C1. The van der Waals surface area contributed by atoms with E-state index in [1.807, 2.05) is 0 Å². The molecule has 0 aromatic heterocycles. The number of para-hydroxylation sites is 1. The van der Waals surface area contributed by atoms with Gasteiger partial charge in [-0.1, -0.05) is 134 Å². The lowest BCUT2D eigenvalue weighted by atomic mass is 9.86. The molecule has 216 valence electrons. The fourth-order valence-electron chi connectivity index (χ4n) is 7.02. The molecular formula is C44H35N. The Morgan fingerprint density at radius 2 is 1.31 bits per heavy atom. The van der Waals surface area contributed by atoms with E-state index < -0.39 is 0 Å². The lowest BCUT2D eigenvalue weighted by Gasteiger charge is -2.30. The van der Waals surface area contributed by atoms with Crippen LogP contribution in [0.3, 0.4) is 0 Å². The quantitative estimate of drug-likeness (QED) is 0.178. The Kier molecular flexibility index (Phi) is 7.21. The summed E-state index contributed by atoms with van der Waals surface area (Å²) < 4.78 is 0. The predicted molar refractivity (Wildman–Crippen MR) is 193 cm³/mol. The van der Waals surface area contributed by atoms with Crippen LogP contribution in [0.15, 0.2) is 176 Å². The molecule has 0 aliphatic heterocycles.